The Morgan fingerprint density at radius 2 is 2.40 bits per heavy atom. The molecule has 4 nitrogen and oxygen atoms in total. The molecule has 1 heterocycles. The highest BCUT2D eigenvalue weighted by Crippen LogP contribution is 2.06. The molecule has 1 aliphatic rings. The van der Waals surface area contributed by atoms with Gasteiger partial charge in [-0.2, -0.15) is 0 Å². The Kier molecular flexibility index (Phi) is 7.74. The molecule has 0 saturated carbocycles. The standard InChI is InChI=1S/C10H20N2O2.ClH/c1-2-8(5-7-13)12-10(14)9-4-3-6-11-9;/h8-9,11,13H,2-7H2,1H3,(H,12,14);1H. The van der Waals surface area contributed by atoms with Gasteiger partial charge >= 0.3 is 0 Å². The lowest BCUT2D eigenvalue weighted by Gasteiger charge is -2.18. The summed E-state index contributed by atoms with van der Waals surface area (Å²) >= 11 is 0. The molecule has 1 fully saturated rings. The first kappa shape index (κ1) is 14.7. The summed E-state index contributed by atoms with van der Waals surface area (Å²) in [5.41, 5.74) is 0. The summed E-state index contributed by atoms with van der Waals surface area (Å²) in [6, 6.07) is 0.109. The van der Waals surface area contributed by atoms with Crippen LogP contribution in [0.4, 0.5) is 0 Å². The lowest BCUT2D eigenvalue weighted by molar-refractivity contribution is -0.123. The molecule has 3 N–H and O–H groups in total. The van der Waals surface area contributed by atoms with Crippen LogP contribution in [-0.2, 0) is 4.79 Å². The van der Waals surface area contributed by atoms with Gasteiger partial charge in [-0.05, 0) is 32.2 Å². The second kappa shape index (κ2) is 7.91. The largest absolute Gasteiger partial charge is 0.396 e. The summed E-state index contributed by atoms with van der Waals surface area (Å²) in [6.07, 6.45) is 3.53. The first-order valence-electron chi connectivity index (χ1n) is 5.42. The fraction of sp³-hybridized carbons (Fsp3) is 0.900. The van der Waals surface area contributed by atoms with Gasteiger partial charge in [-0.3, -0.25) is 4.79 Å². The number of hydrogen-bond acceptors (Lipinski definition) is 3. The molecule has 1 rings (SSSR count). The van der Waals surface area contributed by atoms with Crippen LogP contribution in [0.25, 0.3) is 0 Å². The minimum absolute atomic E-state index is 0. The Hall–Kier alpha value is -0.320. The van der Waals surface area contributed by atoms with Crippen LogP contribution in [0.5, 0.6) is 0 Å². The second-order valence-electron chi connectivity index (χ2n) is 3.77. The molecule has 15 heavy (non-hydrogen) atoms. The van der Waals surface area contributed by atoms with Crippen molar-refractivity contribution in [2.24, 2.45) is 0 Å². The van der Waals surface area contributed by atoms with Crippen molar-refractivity contribution >= 4 is 18.3 Å². The minimum Gasteiger partial charge on any atom is -0.396 e. The third-order valence-corrected chi connectivity index (χ3v) is 2.69. The van der Waals surface area contributed by atoms with E-state index in [1.807, 2.05) is 6.92 Å². The molecule has 0 aliphatic carbocycles. The Balaban J connectivity index is 0.00000196. The van der Waals surface area contributed by atoms with E-state index in [2.05, 4.69) is 10.6 Å². The number of amides is 1. The van der Waals surface area contributed by atoms with E-state index < -0.39 is 0 Å². The number of aliphatic hydroxyl groups excluding tert-OH is 1. The molecule has 5 heteroatoms. The molecular weight excluding hydrogens is 216 g/mol. The average molecular weight is 237 g/mol. The second-order valence-corrected chi connectivity index (χ2v) is 3.77. The monoisotopic (exact) mass is 236 g/mol. The third kappa shape index (κ3) is 4.82. The maximum atomic E-state index is 11.6. The van der Waals surface area contributed by atoms with E-state index in [1.54, 1.807) is 0 Å². The first-order chi connectivity index (χ1) is 6.77. The predicted molar refractivity (Wildman–Crippen MR) is 62.2 cm³/mol. The Bertz CT molecular complexity index is 184. The molecule has 0 radical (unpaired) electrons. The van der Waals surface area contributed by atoms with Gasteiger partial charge in [-0.15, -0.1) is 12.4 Å². The van der Waals surface area contributed by atoms with E-state index in [1.165, 1.54) is 0 Å². The maximum Gasteiger partial charge on any atom is 0.237 e. The molecular formula is C10H21ClN2O2. The molecule has 1 aliphatic heterocycles. The van der Waals surface area contributed by atoms with Crippen molar-refractivity contribution in [1.29, 1.82) is 0 Å². The Morgan fingerprint density at radius 1 is 1.67 bits per heavy atom. The van der Waals surface area contributed by atoms with Crippen molar-refractivity contribution in [2.75, 3.05) is 13.2 Å². The van der Waals surface area contributed by atoms with Crippen molar-refractivity contribution in [3.63, 3.8) is 0 Å². The van der Waals surface area contributed by atoms with Crippen LogP contribution in [0.1, 0.15) is 32.6 Å². The summed E-state index contributed by atoms with van der Waals surface area (Å²) < 4.78 is 0. The summed E-state index contributed by atoms with van der Waals surface area (Å²) in [5.74, 6) is 0.0859. The smallest absolute Gasteiger partial charge is 0.237 e. The van der Waals surface area contributed by atoms with Crippen LogP contribution in [0.2, 0.25) is 0 Å². The predicted octanol–water partition coefficient (Wildman–Crippen LogP) is 0.437. The molecule has 0 aromatic rings. The number of carbonyl (C=O) groups is 1. The number of carbonyl (C=O) groups excluding carboxylic acids is 1. The van der Waals surface area contributed by atoms with Crippen LogP contribution >= 0.6 is 12.4 Å². The van der Waals surface area contributed by atoms with Crippen LogP contribution in [0, 0.1) is 0 Å². The zero-order valence-corrected chi connectivity index (χ0v) is 9.98. The van der Waals surface area contributed by atoms with Gasteiger partial charge in [-0.1, -0.05) is 6.92 Å². The molecule has 2 atom stereocenters. The highest BCUT2D eigenvalue weighted by molar-refractivity contribution is 5.85. The highest BCUT2D eigenvalue weighted by Gasteiger charge is 2.23. The normalized spacial score (nSPS) is 21.9. The summed E-state index contributed by atoms with van der Waals surface area (Å²) in [4.78, 5) is 11.6. The van der Waals surface area contributed by atoms with Gasteiger partial charge in [0.1, 0.15) is 0 Å². The lowest BCUT2D eigenvalue weighted by atomic mass is 10.1. The zero-order chi connectivity index (χ0) is 10.4. The SMILES string of the molecule is CCC(CCO)NC(=O)C1CCCN1.Cl. The summed E-state index contributed by atoms with van der Waals surface area (Å²) in [7, 11) is 0. The van der Waals surface area contributed by atoms with Gasteiger partial charge in [0, 0.05) is 12.6 Å². The van der Waals surface area contributed by atoms with Crippen molar-refractivity contribution in [2.45, 2.75) is 44.7 Å². The van der Waals surface area contributed by atoms with Crippen molar-refractivity contribution < 1.29 is 9.90 Å². The molecule has 0 aromatic carbocycles. The van der Waals surface area contributed by atoms with Crippen molar-refractivity contribution in [1.82, 2.24) is 10.6 Å². The van der Waals surface area contributed by atoms with Crippen LogP contribution in [0.3, 0.4) is 0 Å². The number of aliphatic hydroxyl groups is 1. The third-order valence-electron chi connectivity index (χ3n) is 2.69. The molecule has 0 aromatic heterocycles. The number of hydrogen-bond donors (Lipinski definition) is 3. The maximum absolute atomic E-state index is 11.6. The molecule has 0 bridgehead atoms. The molecule has 90 valence electrons. The Morgan fingerprint density at radius 3 is 2.87 bits per heavy atom. The van der Waals surface area contributed by atoms with Gasteiger partial charge in [0.25, 0.3) is 0 Å². The number of nitrogens with one attached hydrogen (secondary N) is 2. The van der Waals surface area contributed by atoms with E-state index in [0.29, 0.717) is 6.42 Å². The van der Waals surface area contributed by atoms with Crippen LogP contribution in [0.15, 0.2) is 0 Å². The van der Waals surface area contributed by atoms with Crippen molar-refractivity contribution in [3.8, 4) is 0 Å². The highest BCUT2D eigenvalue weighted by atomic mass is 35.5. The number of rotatable bonds is 5. The van der Waals surface area contributed by atoms with E-state index >= 15 is 0 Å². The van der Waals surface area contributed by atoms with Gasteiger partial charge in [0.15, 0.2) is 0 Å². The molecule has 1 saturated heterocycles. The van der Waals surface area contributed by atoms with Gasteiger partial charge < -0.3 is 15.7 Å². The van der Waals surface area contributed by atoms with E-state index in [9.17, 15) is 4.79 Å². The topological polar surface area (TPSA) is 61.4 Å². The molecule has 2 unspecified atom stereocenters. The Labute approximate surface area is 97.2 Å². The molecule has 0 spiro atoms. The van der Waals surface area contributed by atoms with E-state index in [0.717, 1.165) is 25.8 Å². The van der Waals surface area contributed by atoms with Crippen LogP contribution in [-0.4, -0.2) is 36.2 Å². The van der Waals surface area contributed by atoms with Gasteiger partial charge in [0.05, 0.1) is 6.04 Å². The summed E-state index contributed by atoms with van der Waals surface area (Å²) in [6.45, 7) is 3.09. The van der Waals surface area contributed by atoms with E-state index in [4.69, 9.17) is 5.11 Å². The molecule has 1 amide bonds. The lowest BCUT2D eigenvalue weighted by Crippen LogP contribution is -2.45. The van der Waals surface area contributed by atoms with Crippen LogP contribution < -0.4 is 10.6 Å². The van der Waals surface area contributed by atoms with Crippen molar-refractivity contribution in [3.05, 3.63) is 0 Å². The first-order valence-corrected chi connectivity index (χ1v) is 5.42. The fourth-order valence-electron chi connectivity index (χ4n) is 1.74. The van der Waals surface area contributed by atoms with Gasteiger partial charge in [-0.25, -0.2) is 0 Å². The fourth-order valence-corrected chi connectivity index (χ4v) is 1.74. The minimum atomic E-state index is -0.0113. The summed E-state index contributed by atoms with van der Waals surface area (Å²) in [5, 5.41) is 14.9. The average Bonchev–Trinajstić information content (AvgIpc) is 2.69. The van der Waals surface area contributed by atoms with Gasteiger partial charge in [0.2, 0.25) is 5.91 Å². The quantitative estimate of drug-likeness (QED) is 0.649. The zero-order valence-electron chi connectivity index (χ0n) is 9.16. The van der Waals surface area contributed by atoms with E-state index in [-0.39, 0.29) is 37.0 Å². The number of halogens is 1.